The molecule has 1 aromatic rings. The monoisotopic (exact) mass is 262 g/mol. The Hall–Kier alpha value is -1.06. The quantitative estimate of drug-likeness (QED) is 0.890. The molecule has 0 aliphatic carbocycles. The number of nitrogens with two attached hydrogens (primary N) is 1. The lowest BCUT2D eigenvalue weighted by molar-refractivity contribution is 0.0466. The molecule has 106 valence electrons. The van der Waals surface area contributed by atoms with Gasteiger partial charge in [-0.25, -0.2) is 0 Å². The molecule has 1 heterocycles. The number of hydrogen-bond donors (Lipinski definition) is 1. The molecule has 0 saturated carbocycles. The van der Waals surface area contributed by atoms with Gasteiger partial charge in [0.15, 0.2) is 0 Å². The van der Waals surface area contributed by atoms with E-state index in [1.807, 2.05) is 18.2 Å². The van der Waals surface area contributed by atoms with Crippen molar-refractivity contribution >= 4 is 0 Å². The van der Waals surface area contributed by atoms with Crippen molar-refractivity contribution in [1.82, 2.24) is 4.90 Å². The number of likely N-dealkylation sites (N-methyl/N-ethyl adjacent to an activating group) is 1. The van der Waals surface area contributed by atoms with Crippen LogP contribution in [0.2, 0.25) is 0 Å². The van der Waals surface area contributed by atoms with Crippen LogP contribution in [-0.4, -0.2) is 30.6 Å². The normalized spacial score (nSPS) is 24.8. The van der Waals surface area contributed by atoms with Crippen LogP contribution < -0.4 is 10.5 Å². The van der Waals surface area contributed by atoms with Crippen molar-refractivity contribution in [3.05, 3.63) is 29.8 Å². The summed E-state index contributed by atoms with van der Waals surface area (Å²) >= 11 is 0. The third-order valence-corrected chi connectivity index (χ3v) is 4.49. The first-order chi connectivity index (χ1) is 8.82. The summed E-state index contributed by atoms with van der Waals surface area (Å²) < 4.78 is 5.87. The van der Waals surface area contributed by atoms with E-state index in [9.17, 15) is 0 Å². The number of ether oxygens (including phenoxy) is 1. The van der Waals surface area contributed by atoms with Gasteiger partial charge in [-0.3, -0.25) is 4.90 Å². The lowest BCUT2D eigenvalue weighted by Crippen LogP contribution is -2.53. The van der Waals surface area contributed by atoms with Gasteiger partial charge in [-0.1, -0.05) is 39.0 Å². The molecule has 0 bridgehead atoms. The fourth-order valence-corrected chi connectivity index (χ4v) is 2.64. The van der Waals surface area contributed by atoms with Gasteiger partial charge in [0.1, 0.15) is 12.4 Å². The zero-order valence-corrected chi connectivity index (χ0v) is 12.7. The van der Waals surface area contributed by atoms with Crippen LogP contribution in [0.25, 0.3) is 0 Å². The predicted molar refractivity (Wildman–Crippen MR) is 79.3 cm³/mol. The fraction of sp³-hybridized carbons (Fsp3) is 0.625. The summed E-state index contributed by atoms with van der Waals surface area (Å²) in [4.78, 5) is 2.36. The van der Waals surface area contributed by atoms with Gasteiger partial charge in [0.25, 0.3) is 0 Å². The van der Waals surface area contributed by atoms with Crippen molar-refractivity contribution in [2.75, 3.05) is 13.7 Å². The molecule has 1 aliphatic heterocycles. The standard InChI is InChI=1S/C16H26N2O/c1-11(16(2,3)4)18(5)13-10-19-14-9-7-6-8-12(14)15(13)17/h6-9,11,13,15H,10,17H2,1-5H3. The number of benzene rings is 1. The predicted octanol–water partition coefficient (Wildman–Crippen LogP) is 2.81. The molecule has 0 fully saturated rings. The molecule has 0 amide bonds. The molecular formula is C16H26N2O. The van der Waals surface area contributed by atoms with Crippen LogP contribution in [0, 0.1) is 5.41 Å². The Morgan fingerprint density at radius 1 is 1.32 bits per heavy atom. The van der Waals surface area contributed by atoms with Crippen LogP contribution in [0.1, 0.15) is 39.3 Å². The largest absolute Gasteiger partial charge is 0.492 e. The number of fused-ring (bicyclic) bond motifs is 1. The van der Waals surface area contributed by atoms with Crippen LogP contribution in [-0.2, 0) is 0 Å². The highest BCUT2D eigenvalue weighted by atomic mass is 16.5. The second-order valence-corrected chi connectivity index (χ2v) is 6.65. The fourth-order valence-electron chi connectivity index (χ4n) is 2.64. The molecule has 3 atom stereocenters. The van der Waals surface area contributed by atoms with E-state index in [0.29, 0.717) is 12.6 Å². The van der Waals surface area contributed by atoms with Gasteiger partial charge in [0.05, 0.1) is 12.1 Å². The summed E-state index contributed by atoms with van der Waals surface area (Å²) in [5, 5.41) is 0. The molecule has 1 aromatic carbocycles. The van der Waals surface area contributed by atoms with Gasteiger partial charge >= 0.3 is 0 Å². The molecule has 0 spiro atoms. The highest BCUT2D eigenvalue weighted by molar-refractivity contribution is 5.38. The minimum Gasteiger partial charge on any atom is -0.492 e. The molecule has 0 saturated heterocycles. The minimum atomic E-state index is 0.0137. The van der Waals surface area contributed by atoms with E-state index in [1.165, 1.54) is 0 Å². The smallest absolute Gasteiger partial charge is 0.124 e. The summed E-state index contributed by atoms with van der Waals surface area (Å²) in [6, 6.07) is 8.77. The van der Waals surface area contributed by atoms with E-state index >= 15 is 0 Å². The molecule has 2 rings (SSSR count). The molecular weight excluding hydrogens is 236 g/mol. The van der Waals surface area contributed by atoms with Crippen LogP contribution in [0.3, 0.4) is 0 Å². The molecule has 3 nitrogen and oxygen atoms in total. The third-order valence-electron chi connectivity index (χ3n) is 4.49. The first kappa shape index (κ1) is 14.4. The summed E-state index contributed by atoms with van der Waals surface area (Å²) in [7, 11) is 2.15. The van der Waals surface area contributed by atoms with Gasteiger partial charge < -0.3 is 10.5 Å². The number of hydrogen-bond acceptors (Lipinski definition) is 3. The van der Waals surface area contributed by atoms with Crippen molar-refractivity contribution in [2.45, 2.75) is 45.8 Å². The lowest BCUT2D eigenvalue weighted by atomic mass is 9.85. The van der Waals surface area contributed by atoms with Crippen LogP contribution >= 0.6 is 0 Å². The summed E-state index contributed by atoms with van der Waals surface area (Å²) in [5.41, 5.74) is 7.80. The minimum absolute atomic E-state index is 0.0137. The van der Waals surface area contributed by atoms with E-state index < -0.39 is 0 Å². The summed E-state index contributed by atoms with van der Waals surface area (Å²) in [6.45, 7) is 9.70. The topological polar surface area (TPSA) is 38.5 Å². The van der Waals surface area contributed by atoms with E-state index in [4.69, 9.17) is 10.5 Å². The molecule has 0 aromatic heterocycles. The summed E-state index contributed by atoms with van der Waals surface area (Å²) in [5.74, 6) is 0.933. The number of rotatable bonds is 2. The number of para-hydroxylation sites is 1. The van der Waals surface area contributed by atoms with Crippen molar-refractivity contribution in [3.8, 4) is 5.75 Å². The molecule has 19 heavy (non-hydrogen) atoms. The maximum atomic E-state index is 6.45. The lowest BCUT2D eigenvalue weighted by Gasteiger charge is -2.44. The number of nitrogens with zero attached hydrogens (tertiary/aromatic N) is 1. The van der Waals surface area contributed by atoms with E-state index in [0.717, 1.165) is 11.3 Å². The zero-order chi connectivity index (χ0) is 14.2. The second-order valence-electron chi connectivity index (χ2n) is 6.65. The van der Waals surface area contributed by atoms with E-state index in [-0.39, 0.29) is 17.5 Å². The average molecular weight is 262 g/mol. The Labute approximate surface area is 116 Å². The van der Waals surface area contributed by atoms with Gasteiger partial charge in [-0.05, 0) is 25.5 Å². The SMILES string of the molecule is CC(N(C)C1COc2ccccc2C1N)C(C)(C)C. The van der Waals surface area contributed by atoms with E-state index in [1.54, 1.807) is 0 Å². The third kappa shape index (κ3) is 2.77. The van der Waals surface area contributed by atoms with Gasteiger partial charge in [-0.2, -0.15) is 0 Å². The van der Waals surface area contributed by atoms with Crippen LogP contribution in [0.5, 0.6) is 5.75 Å². The Morgan fingerprint density at radius 3 is 2.58 bits per heavy atom. The van der Waals surface area contributed by atoms with E-state index in [2.05, 4.69) is 45.7 Å². The molecule has 2 N–H and O–H groups in total. The van der Waals surface area contributed by atoms with Crippen molar-refractivity contribution in [3.63, 3.8) is 0 Å². The Morgan fingerprint density at radius 2 is 1.95 bits per heavy atom. The Bertz CT molecular complexity index is 439. The first-order valence-electron chi connectivity index (χ1n) is 7.01. The van der Waals surface area contributed by atoms with Crippen LogP contribution in [0.15, 0.2) is 24.3 Å². The van der Waals surface area contributed by atoms with Gasteiger partial charge in [0.2, 0.25) is 0 Å². The van der Waals surface area contributed by atoms with Gasteiger partial charge in [-0.15, -0.1) is 0 Å². The zero-order valence-electron chi connectivity index (χ0n) is 12.7. The molecule has 0 radical (unpaired) electrons. The average Bonchev–Trinajstić information content (AvgIpc) is 2.37. The maximum absolute atomic E-state index is 6.45. The molecule has 3 heteroatoms. The highest BCUT2D eigenvalue weighted by Gasteiger charge is 2.35. The Kier molecular flexibility index (Phi) is 3.88. The van der Waals surface area contributed by atoms with Crippen LogP contribution in [0.4, 0.5) is 0 Å². The van der Waals surface area contributed by atoms with Crippen molar-refractivity contribution in [2.24, 2.45) is 11.1 Å². The first-order valence-corrected chi connectivity index (χ1v) is 7.01. The molecule has 3 unspecified atom stereocenters. The Balaban J connectivity index is 2.20. The second kappa shape index (κ2) is 5.14. The van der Waals surface area contributed by atoms with Crippen molar-refractivity contribution in [1.29, 1.82) is 0 Å². The highest BCUT2D eigenvalue weighted by Crippen LogP contribution is 2.34. The maximum Gasteiger partial charge on any atom is 0.124 e. The van der Waals surface area contributed by atoms with Crippen molar-refractivity contribution < 1.29 is 4.74 Å². The summed E-state index contributed by atoms with van der Waals surface area (Å²) in [6.07, 6.45) is 0. The molecule has 1 aliphatic rings. The van der Waals surface area contributed by atoms with Gasteiger partial charge in [0, 0.05) is 11.6 Å².